The number of amides is 1. The Morgan fingerprint density at radius 2 is 1.83 bits per heavy atom. The van der Waals surface area contributed by atoms with Crippen LogP contribution in [0.4, 0.5) is 24.5 Å². The molecule has 4 aromatic rings. The number of carbonyl (C=O) groups excluding carboxylic acids is 1. The minimum Gasteiger partial charge on any atom is -0.493 e. The number of fused-ring (bicyclic) bond motifs is 1. The second-order valence-corrected chi connectivity index (χ2v) is 7.69. The lowest BCUT2D eigenvalue weighted by atomic mass is 10.1. The van der Waals surface area contributed by atoms with Crippen molar-refractivity contribution < 1.29 is 27.5 Å². The SMILES string of the molecule is O=C(Cn1c(O)c(N=NC(=S)NCc2ccco2)c2ccccc21)Nc1ccccc1C(F)(F)F. The zero-order valence-electron chi connectivity index (χ0n) is 17.9. The number of nitrogens with zero attached hydrogens (tertiary/aromatic N) is 3. The number of aromatic nitrogens is 1. The quantitative estimate of drug-likeness (QED) is 0.230. The van der Waals surface area contributed by atoms with Gasteiger partial charge in [-0.25, -0.2) is 0 Å². The van der Waals surface area contributed by atoms with E-state index in [1.807, 2.05) is 0 Å². The Bertz CT molecular complexity index is 1400. The van der Waals surface area contributed by atoms with Crippen molar-refractivity contribution >= 4 is 45.5 Å². The summed E-state index contributed by atoms with van der Waals surface area (Å²) in [5, 5.41) is 24.3. The van der Waals surface area contributed by atoms with Gasteiger partial charge in [-0.2, -0.15) is 13.2 Å². The van der Waals surface area contributed by atoms with Crippen molar-refractivity contribution in [3.63, 3.8) is 0 Å². The van der Waals surface area contributed by atoms with Crippen molar-refractivity contribution in [1.82, 2.24) is 9.88 Å². The molecule has 0 bridgehead atoms. The number of furan rings is 1. The molecule has 3 N–H and O–H groups in total. The number of rotatable bonds is 6. The molecule has 0 saturated carbocycles. The fraction of sp³-hybridized carbons (Fsp3) is 0.130. The first-order valence-corrected chi connectivity index (χ1v) is 10.6. The van der Waals surface area contributed by atoms with Gasteiger partial charge in [-0.15, -0.1) is 10.2 Å². The summed E-state index contributed by atoms with van der Waals surface area (Å²) in [6.07, 6.45) is -3.12. The first-order chi connectivity index (χ1) is 16.7. The number of thiocarbonyl (C=S) groups is 1. The molecule has 0 fully saturated rings. The third-order valence-corrected chi connectivity index (χ3v) is 5.19. The van der Waals surface area contributed by atoms with Gasteiger partial charge >= 0.3 is 6.18 Å². The van der Waals surface area contributed by atoms with Crippen molar-refractivity contribution in [2.75, 3.05) is 5.32 Å². The van der Waals surface area contributed by atoms with E-state index in [2.05, 4.69) is 20.9 Å². The number of para-hydroxylation sites is 2. The minimum atomic E-state index is -4.64. The van der Waals surface area contributed by atoms with Gasteiger partial charge in [0.05, 0.1) is 29.6 Å². The van der Waals surface area contributed by atoms with Gasteiger partial charge in [0.15, 0.2) is 5.69 Å². The van der Waals surface area contributed by atoms with E-state index in [9.17, 15) is 23.1 Å². The summed E-state index contributed by atoms with van der Waals surface area (Å²) in [4.78, 5) is 12.6. The normalized spacial score (nSPS) is 11.7. The summed E-state index contributed by atoms with van der Waals surface area (Å²) < 4.78 is 46.2. The Morgan fingerprint density at radius 1 is 1.09 bits per heavy atom. The second kappa shape index (κ2) is 9.97. The van der Waals surface area contributed by atoms with Gasteiger partial charge in [-0.3, -0.25) is 4.79 Å². The Hall–Kier alpha value is -4.19. The average molecular weight is 501 g/mol. The van der Waals surface area contributed by atoms with Crippen LogP contribution in [0.25, 0.3) is 10.9 Å². The topological polar surface area (TPSA) is 104 Å². The molecule has 12 heteroatoms. The largest absolute Gasteiger partial charge is 0.493 e. The molecule has 0 aliphatic rings. The van der Waals surface area contributed by atoms with Crippen LogP contribution in [-0.2, 0) is 24.1 Å². The van der Waals surface area contributed by atoms with E-state index in [4.69, 9.17) is 16.6 Å². The van der Waals surface area contributed by atoms with Crippen LogP contribution < -0.4 is 10.6 Å². The summed E-state index contributed by atoms with van der Waals surface area (Å²) >= 11 is 5.13. The molecular formula is C23H18F3N5O3S. The van der Waals surface area contributed by atoms with Crippen LogP contribution in [-0.4, -0.2) is 20.7 Å². The number of aromatic hydroxyl groups is 1. The highest BCUT2D eigenvalue weighted by Gasteiger charge is 2.33. The maximum absolute atomic E-state index is 13.2. The zero-order chi connectivity index (χ0) is 25.0. The van der Waals surface area contributed by atoms with Gasteiger partial charge in [-0.1, -0.05) is 30.3 Å². The number of halogens is 3. The standard InChI is InChI=1S/C23H18F3N5O3S/c24-23(25,26)16-8-2-3-9-17(16)28-19(32)13-31-18-10-4-1-7-15(18)20(21(31)33)29-30-22(35)27-12-14-6-5-11-34-14/h1-11,33H,12-13H2,(H,27,35)(H,28,32). The molecule has 0 spiro atoms. The first-order valence-electron chi connectivity index (χ1n) is 10.2. The van der Waals surface area contributed by atoms with E-state index in [1.165, 1.54) is 23.0 Å². The molecule has 180 valence electrons. The monoisotopic (exact) mass is 501 g/mol. The number of benzene rings is 2. The van der Waals surface area contributed by atoms with Gasteiger partial charge in [0.1, 0.15) is 12.3 Å². The molecule has 2 aromatic heterocycles. The van der Waals surface area contributed by atoms with Gasteiger partial charge in [0, 0.05) is 5.39 Å². The number of nitrogens with one attached hydrogen (secondary N) is 2. The lowest BCUT2D eigenvalue weighted by Gasteiger charge is -2.14. The van der Waals surface area contributed by atoms with Crippen LogP contribution >= 0.6 is 12.2 Å². The van der Waals surface area contributed by atoms with Crippen molar-refractivity contribution in [2.24, 2.45) is 10.2 Å². The maximum atomic E-state index is 13.2. The molecular weight excluding hydrogens is 483 g/mol. The summed E-state index contributed by atoms with van der Waals surface area (Å²) in [6.45, 7) is -0.173. The fourth-order valence-electron chi connectivity index (χ4n) is 3.41. The van der Waals surface area contributed by atoms with Crippen LogP contribution in [0.1, 0.15) is 11.3 Å². The summed E-state index contributed by atoms with van der Waals surface area (Å²) in [5.74, 6) is -0.514. The van der Waals surface area contributed by atoms with E-state index in [1.54, 1.807) is 36.4 Å². The number of anilines is 1. The van der Waals surface area contributed by atoms with Crippen molar-refractivity contribution in [3.8, 4) is 5.88 Å². The van der Waals surface area contributed by atoms with Crippen LogP contribution in [0, 0.1) is 0 Å². The van der Waals surface area contributed by atoms with Gasteiger partial charge in [0.2, 0.25) is 16.9 Å². The number of alkyl halides is 3. The molecule has 0 aliphatic heterocycles. The molecule has 2 heterocycles. The van der Waals surface area contributed by atoms with Crippen molar-refractivity contribution in [2.45, 2.75) is 19.3 Å². The van der Waals surface area contributed by atoms with Crippen molar-refractivity contribution in [3.05, 3.63) is 78.3 Å². The number of carbonyl (C=O) groups is 1. The lowest BCUT2D eigenvalue weighted by molar-refractivity contribution is -0.137. The molecule has 0 aliphatic carbocycles. The van der Waals surface area contributed by atoms with Crippen LogP contribution in [0.15, 0.2) is 81.6 Å². The highest BCUT2D eigenvalue weighted by atomic mass is 32.1. The van der Waals surface area contributed by atoms with Crippen LogP contribution in [0.3, 0.4) is 0 Å². The Kier molecular flexibility index (Phi) is 6.82. The van der Waals surface area contributed by atoms with Gasteiger partial charge in [-0.05, 0) is 42.5 Å². The average Bonchev–Trinajstić information content (AvgIpc) is 3.43. The maximum Gasteiger partial charge on any atom is 0.418 e. The summed E-state index contributed by atoms with van der Waals surface area (Å²) in [5.41, 5.74) is -0.854. The van der Waals surface area contributed by atoms with E-state index in [-0.39, 0.29) is 28.9 Å². The van der Waals surface area contributed by atoms with Crippen molar-refractivity contribution in [1.29, 1.82) is 0 Å². The number of hydrogen-bond acceptors (Lipinski definition) is 5. The third-order valence-electron chi connectivity index (χ3n) is 4.96. The smallest absolute Gasteiger partial charge is 0.418 e. The Labute approximate surface area is 202 Å². The Morgan fingerprint density at radius 3 is 2.57 bits per heavy atom. The minimum absolute atomic E-state index is 0.0409. The molecule has 0 radical (unpaired) electrons. The highest BCUT2D eigenvalue weighted by molar-refractivity contribution is 7.80. The van der Waals surface area contributed by atoms with E-state index >= 15 is 0 Å². The molecule has 4 rings (SSSR count). The summed E-state index contributed by atoms with van der Waals surface area (Å²) in [7, 11) is 0. The lowest BCUT2D eigenvalue weighted by Crippen LogP contribution is -2.21. The molecule has 35 heavy (non-hydrogen) atoms. The van der Waals surface area contributed by atoms with E-state index < -0.39 is 24.2 Å². The fourth-order valence-corrected chi connectivity index (χ4v) is 3.52. The molecule has 0 saturated heterocycles. The molecule has 0 atom stereocenters. The summed E-state index contributed by atoms with van der Waals surface area (Å²) in [6, 6.07) is 14.8. The van der Waals surface area contributed by atoms with E-state index in [0.717, 1.165) is 12.1 Å². The Balaban J connectivity index is 1.55. The predicted molar refractivity (Wildman–Crippen MR) is 126 cm³/mol. The molecule has 0 unspecified atom stereocenters. The molecule has 2 aromatic carbocycles. The second-order valence-electron chi connectivity index (χ2n) is 7.31. The number of azo groups is 1. The highest BCUT2D eigenvalue weighted by Crippen LogP contribution is 2.39. The van der Waals surface area contributed by atoms with E-state index in [0.29, 0.717) is 16.7 Å². The van der Waals surface area contributed by atoms with Crippen LogP contribution in [0.2, 0.25) is 0 Å². The first kappa shape index (κ1) is 24.0. The molecule has 8 nitrogen and oxygen atoms in total. The van der Waals surface area contributed by atoms with Gasteiger partial charge in [0.25, 0.3) is 0 Å². The van der Waals surface area contributed by atoms with Crippen LogP contribution in [0.5, 0.6) is 5.88 Å². The molecule has 1 amide bonds. The number of hydrogen-bond donors (Lipinski definition) is 3. The third kappa shape index (κ3) is 5.49. The predicted octanol–water partition coefficient (Wildman–Crippen LogP) is 5.76. The zero-order valence-corrected chi connectivity index (χ0v) is 18.7. The van der Waals surface area contributed by atoms with Gasteiger partial charge < -0.3 is 24.7 Å².